The fourth-order valence-electron chi connectivity index (χ4n) is 3.12. The lowest BCUT2D eigenvalue weighted by molar-refractivity contribution is 0.0677. The summed E-state index contributed by atoms with van der Waals surface area (Å²) in [4.78, 5) is 71.1. The molecule has 3 aromatic carbocycles. The van der Waals surface area contributed by atoms with Crippen molar-refractivity contribution in [3.05, 3.63) is 94.0 Å². The molecule has 0 aliphatic heterocycles. The van der Waals surface area contributed by atoms with Gasteiger partial charge in [0.15, 0.2) is 0 Å². The molecular formula is C24H16N2O10. The number of nitrogens with one attached hydrogen (secondary N) is 2. The lowest BCUT2D eigenvalue weighted by Gasteiger charge is -2.13. The molecule has 0 saturated heterocycles. The summed E-state index contributed by atoms with van der Waals surface area (Å²) < 4.78 is 0. The molecule has 182 valence electrons. The third-order valence-electron chi connectivity index (χ3n) is 4.89. The molecule has 0 spiro atoms. The molecule has 0 heterocycles. The van der Waals surface area contributed by atoms with Gasteiger partial charge >= 0.3 is 23.9 Å². The second-order valence-corrected chi connectivity index (χ2v) is 7.23. The first-order valence-corrected chi connectivity index (χ1v) is 9.92. The molecular weight excluding hydrogens is 476 g/mol. The maximum absolute atomic E-state index is 12.8. The summed E-state index contributed by atoms with van der Waals surface area (Å²) in [6.45, 7) is 0. The Morgan fingerprint density at radius 3 is 1.00 bits per heavy atom. The van der Waals surface area contributed by atoms with Crippen molar-refractivity contribution in [2.75, 3.05) is 10.6 Å². The van der Waals surface area contributed by atoms with E-state index in [9.17, 15) is 39.0 Å². The van der Waals surface area contributed by atoms with E-state index in [1.54, 1.807) is 0 Å². The van der Waals surface area contributed by atoms with Crippen LogP contribution in [0.1, 0.15) is 62.1 Å². The number of carbonyl (C=O) groups is 6. The van der Waals surface area contributed by atoms with Crippen LogP contribution in [0, 0.1) is 0 Å². The monoisotopic (exact) mass is 492 g/mol. The maximum atomic E-state index is 12.8. The van der Waals surface area contributed by atoms with Crippen LogP contribution in [0.15, 0.2) is 60.7 Å². The topological polar surface area (TPSA) is 207 Å². The van der Waals surface area contributed by atoms with Gasteiger partial charge in [0.05, 0.1) is 33.4 Å². The first-order valence-electron chi connectivity index (χ1n) is 9.92. The molecule has 12 heteroatoms. The Labute approximate surface area is 201 Å². The second kappa shape index (κ2) is 10.2. The van der Waals surface area contributed by atoms with Crippen molar-refractivity contribution in [1.29, 1.82) is 0 Å². The lowest BCUT2D eigenvalue weighted by atomic mass is 9.96. The summed E-state index contributed by atoms with van der Waals surface area (Å²) in [7, 11) is 0. The Kier molecular flexibility index (Phi) is 7.10. The number of rotatable bonds is 8. The molecule has 3 rings (SSSR count). The minimum absolute atomic E-state index is 0.0552. The van der Waals surface area contributed by atoms with Crippen LogP contribution in [0.5, 0.6) is 0 Å². The van der Waals surface area contributed by atoms with E-state index in [1.165, 1.54) is 48.5 Å². The standard InChI is InChI=1S/C24H16N2O10/c27-19(25-13-5-1-11(2-6-13)21(29)30)15-9-18(24(35)36)16(10-17(15)23(33)34)20(28)26-14-7-3-12(4-8-14)22(31)32/h1-10H,(H,25,27)(H,26,28)(H,29,30)(H,31,32)(H,33,34)(H,35,36). The zero-order chi connectivity index (χ0) is 26.6. The van der Waals surface area contributed by atoms with E-state index in [1.807, 2.05) is 0 Å². The van der Waals surface area contributed by atoms with Gasteiger partial charge in [-0.25, -0.2) is 19.2 Å². The molecule has 0 aliphatic rings. The Balaban J connectivity index is 1.96. The van der Waals surface area contributed by atoms with Gasteiger partial charge in [-0.2, -0.15) is 0 Å². The van der Waals surface area contributed by atoms with Crippen LogP contribution in [0.3, 0.4) is 0 Å². The number of hydrogen-bond acceptors (Lipinski definition) is 6. The highest BCUT2D eigenvalue weighted by Crippen LogP contribution is 2.22. The number of aromatic carboxylic acids is 4. The first-order chi connectivity index (χ1) is 17.0. The maximum Gasteiger partial charge on any atom is 0.336 e. The summed E-state index contributed by atoms with van der Waals surface area (Å²) in [6, 6.07) is 11.3. The van der Waals surface area contributed by atoms with Crippen molar-refractivity contribution in [3.8, 4) is 0 Å². The second-order valence-electron chi connectivity index (χ2n) is 7.23. The Hall–Kier alpha value is -5.52. The SMILES string of the molecule is O=C(O)c1ccc(NC(=O)c2cc(C(=O)O)c(C(=O)Nc3ccc(C(=O)O)cc3)cc2C(=O)O)cc1. The number of hydrogen-bond donors (Lipinski definition) is 6. The number of benzene rings is 3. The normalized spacial score (nSPS) is 10.2. The van der Waals surface area contributed by atoms with E-state index >= 15 is 0 Å². The first kappa shape index (κ1) is 25.1. The van der Waals surface area contributed by atoms with Gasteiger partial charge in [0.25, 0.3) is 11.8 Å². The van der Waals surface area contributed by atoms with Crippen LogP contribution in [0.4, 0.5) is 11.4 Å². The van der Waals surface area contributed by atoms with Gasteiger partial charge in [0.1, 0.15) is 0 Å². The minimum atomic E-state index is -1.61. The molecule has 0 bridgehead atoms. The summed E-state index contributed by atoms with van der Waals surface area (Å²) in [5.41, 5.74) is -2.30. The summed E-state index contributed by atoms with van der Waals surface area (Å²) >= 11 is 0. The van der Waals surface area contributed by atoms with Gasteiger partial charge < -0.3 is 31.1 Å². The molecule has 12 nitrogen and oxygen atoms in total. The Morgan fingerprint density at radius 2 is 0.750 bits per heavy atom. The highest BCUT2D eigenvalue weighted by atomic mass is 16.4. The smallest absolute Gasteiger partial charge is 0.336 e. The molecule has 3 aromatic rings. The van der Waals surface area contributed by atoms with Gasteiger partial charge in [-0.05, 0) is 60.7 Å². The van der Waals surface area contributed by atoms with E-state index in [4.69, 9.17) is 10.2 Å². The average Bonchev–Trinajstić information content (AvgIpc) is 2.83. The summed E-state index contributed by atoms with van der Waals surface area (Å²) in [5.74, 6) is -7.63. The van der Waals surface area contributed by atoms with Crippen molar-refractivity contribution in [2.45, 2.75) is 0 Å². The predicted molar refractivity (Wildman–Crippen MR) is 123 cm³/mol. The van der Waals surface area contributed by atoms with E-state index in [-0.39, 0.29) is 22.5 Å². The van der Waals surface area contributed by atoms with Crippen LogP contribution in [0.2, 0.25) is 0 Å². The van der Waals surface area contributed by atoms with Gasteiger partial charge in [0, 0.05) is 11.4 Å². The molecule has 0 atom stereocenters. The van der Waals surface area contributed by atoms with Crippen LogP contribution < -0.4 is 10.6 Å². The number of amides is 2. The fraction of sp³-hybridized carbons (Fsp3) is 0. The molecule has 0 saturated carbocycles. The minimum Gasteiger partial charge on any atom is -0.478 e. The van der Waals surface area contributed by atoms with Gasteiger partial charge in [-0.15, -0.1) is 0 Å². The quantitative estimate of drug-likeness (QED) is 0.271. The highest BCUT2D eigenvalue weighted by Gasteiger charge is 2.26. The number of carboxylic acid groups (broad SMARTS) is 4. The molecule has 0 aliphatic carbocycles. The molecule has 0 unspecified atom stereocenters. The van der Waals surface area contributed by atoms with Crippen LogP contribution in [0.25, 0.3) is 0 Å². The summed E-state index contributed by atoms with van der Waals surface area (Å²) in [6.07, 6.45) is 0. The molecule has 0 aromatic heterocycles. The van der Waals surface area contributed by atoms with Crippen molar-refractivity contribution in [3.63, 3.8) is 0 Å². The highest BCUT2D eigenvalue weighted by molar-refractivity contribution is 6.16. The zero-order valence-electron chi connectivity index (χ0n) is 18.0. The summed E-state index contributed by atoms with van der Waals surface area (Å²) in [5, 5.41) is 41.8. The average molecular weight is 492 g/mol. The third-order valence-corrected chi connectivity index (χ3v) is 4.89. The van der Waals surface area contributed by atoms with Crippen LogP contribution >= 0.6 is 0 Å². The molecule has 36 heavy (non-hydrogen) atoms. The van der Waals surface area contributed by atoms with Crippen molar-refractivity contribution < 1.29 is 49.2 Å². The third kappa shape index (κ3) is 5.51. The van der Waals surface area contributed by atoms with Gasteiger partial charge in [-0.1, -0.05) is 0 Å². The molecule has 0 radical (unpaired) electrons. The molecule has 0 fully saturated rings. The van der Waals surface area contributed by atoms with E-state index in [0.717, 1.165) is 12.1 Å². The van der Waals surface area contributed by atoms with Crippen molar-refractivity contribution in [2.24, 2.45) is 0 Å². The molecule has 6 N–H and O–H groups in total. The van der Waals surface area contributed by atoms with Crippen LogP contribution in [-0.2, 0) is 0 Å². The van der Waals surface area contributed by atoms with E-state index < -0.39 is 57.9 Å². The number of carboxylic acids is 4. The van der Waals surface area contributed by atoms with Gasteiger partial charge in [0.2, 0.25) is 0 Å². The largest absolute Gasteiger partial charge is 0.478 e. The molecule has 2 amide bonds. The predicted octanol–water partition coefficient (Wildman–Crippen LogP) is 2.98. The van der Waals surface area contributed by atoms with Crippen molar-refractivity contribution >= 4 is 47.1 Å². The Bertz CT molecular complexity index is 1300. The Morgan fingerprint density at radius 1 is 0.444 bits per heavy atom. The van der Waals surface area contributed by atoms with E-state index in [0.29, 0.717) is 0 Å². The number of carbonyl (C=O) groups excluding carboxylic acids is 2. The van der Waals surface area contributed by atoms with E-state index in [2.05, 4.69) is 10.6 Å². The zero-order valence-corrected chi connectivity index (χ0v) is 18.0. The van der Waals surface area contributed by atoms with Gasteiger partial charge in [-0.3, -0.25) is 9.59 Å². The fourth-order valence-corrected chi connectivity index (χ4v) is 3.12. The van der Waals surface area contributed by atoms with Crippen LogP contribution in [-0.4, -0.2) is 56.1 Å². The number of anilines is 2. The van der Waals surface area contributed by atoms with Crippen molar-refractivity contribution in [1.82, 2.24) is 0 Å². The lowest BCUT2D eigenvalue weighted by Crippen LogP contribution is -2.22.